The Kier molecular flexibility index (Phi) is 38.4. The summed E-state index contributed by atoms with van der Waals surface area (Å²) in [6, 6.07) is 0. The van der Waals surface area contributed by atoms with Crippen LogP contribution in [0.4, 0.5) is 0 Å². The molecule has 0 aromatic carbocycles. The van der Waals surface area contributed by atoms with Crippen LogP contribution in [0, 0.1) is 0 Å². The van der Waals surface area contributed by atoms with Gasteiger partial charge in [-0.15, -0.1) is 0 Å². The fourth-order valence-corrected chi connectivity index (χ4v) is 3.77. The Morgan fingerprint density at radius 3 is 0.939 bits per heavy atom. The first-order valence-corrected chi connectivity index (χ1v) is 13.5. The molecule has 33 heavy (non-hydrogen) atoms. The van der Waals surface area contributed by atoms with Crippen LogP contribution < -0.4 is 0 Å². The summed E-state index contributed by atoms with van der Waals surface area (Å²) in [4.78, 5) is 23.4. The third-order valence-electron chi connectivity index (χ3n) is 5.81. The first-order chi connectivity index (χ1) is 15.2. The van der Waals surface area contributed by atoms with Crippen molar-refractivity contribution in [1.82, 2.24) is 0 Å². The van der Waals surface area contributed by atoms with Crippen LogP contribution >= 0.6 is 0 Å². The molecule has 0 spiro atoms. The summed E-state index contributed by atoms with van der Waals surface area (Å²) in [6.07, 6.45) is 24.7. The van der Waals surface area contributed by atoms with Crippen molar-refractivity contribution in [2.75, 3.05) is 13.2 Å². The second-order valence-corrected chi connectivity index (χ2v) is 8.98. The van der Waals surface area contributed by atoms with E-state index in [-0.39, 0.29) is 65.5 Å². The molecule has 0 amide bonds. The van der Waals surface area contributed by atoms with E-state index in [0.717, 1.165) is 25.7 Å². The molecule has 0 fully saturated rings. The third kappa shape index (κ3) is 32.9. The summed E-state index contributed by atoms with van der Waals surface area (Å²) < 4.78 is 10.3. The van der Waals surface area contributed by atoms with E-state index in [1.165, 1.54) is 103 Å². The van der Waals surface area contributed by atoms with Crippen molar-refractivity contribution in [1.29, 1.82) is 0 Å². The molecule has 6 heteroatoms. The number of hydrogen-bond donors (Lipinski definition) is 0. The van der Waals surface area contributed by atoms with Gasteiger partial charge in [0.15, 0.2) is 0 Å². The number of esters is 2. The summed E-state index contributed by atoms with van der Waals surface area (Å²) in [5.41, 5.74) is 0. The van der Waals surface area contributed by atoms with E-state index < -0.39 is 11.9 Å². The molecule has 0 unspecified atom stereocenters. The molecular formula is C27H54Na2O4. The molecule has 0 heterocycles. The SMILES string of the molecule is CCCCCCCCCCCCOC(=O)CC(=O)OCCCCCCCCCCCC.[NaH].[NaH]. The van der Waals surface area contributed by atoms with Gasteiger partial charge in [0.1, 0.15) is 6.42 Å². The number of hydrogen-bond acceptors (Lipinski definition) is 4. The number of carbonyl (C=O) groups is 2. The molecule has 0 aromatic heterocycles. The summed E-state index contributed by atoms with van der Waals surface area (Å²) in [7, 11) is 0. The van der Waals surface area contributed by atoms with Crippen LogP contribution in [0.2, 0.25) is 0 Å². The van der Waals surface area contributed by atoms with Gasteiger partial charge in [0.25, 0.3) is 0 Å². The average Bonchev–Trinajstić information content (AvgIpc) is 2.75. The Labute approximate surface area is 250 Å². The molecule has 0 aliphatic carbocycles. The maximum absolute atomic E-state index is 11.7. The van der Waals surface area contributed by atoms with Gasteiger partial charge in [0.05, 0.1) is 13.2 Å². The van der Waals surface area contributed by atoms with Crippen LogP contribution in [0.25, 0.3) is 0 Å². The Hall–Kier alpha value is 0.940. The fraction of sp³-hybridized carbons (Fsp3) is 0.926. The van der Waals surface area contributed by atoms with Crippen LogP contribution in [-0.4, -0.2) is 84.3 Å². The number of ether oxygens (including phenoxy) is 2. The van der Waals surface area contributed by atoms with E-state index in [4.69, 9.17) is 9.47 Å². The summed E-state index contributed by atoms with van der Waals surface area (Å²) in [5.74, 6) is -0.909. The van der Waals surface area contributed by atoms with Gasteiger partial charge >= 0.3 is 71.1 Å². The van der Waals surface area contributed by atoms with Crippen LogP contribution in [-0.2, 0) is 19.1 Å². The molecule has 0 atom stereocenters. The van der Waals surface area contributed by atoms with E-state index in [1.54, 1.807) is 0 Å². The normalized spacial score (nSPS) is 10.2. The van der Waals surface area contributed by atoms with Crippen molar-refractivity contribution in [3.05, 3.63) is 0 Å². The maximum atomic E-state index is 11.7. The van der Waals surface area contributed by atoms with E-state index in [1.807, 2.05) is 0 Å². The first kappa shape index (κ1) is 38.5. The van der Waals surface area contributed by atoms with Gasteiger partial charge in [-0.2, -0.15) is 0 Å². The summed E-state index contributed by atoms with van der Waals surface area (Å²) in [5, 5.41) is 0. The Morgan fingerprint density at radius 2 is 0.667 bits per heavy atom. The predicted octanol–water partition coefficient (Wildman–Crippen LogP) is 7.01. The van der Waals surface area contributed by atoms with Gasteiger partial charge in [-0.3, -0.25) is 9.59 Å². The number of unbranched alkanes of at least 4 members (excludes halogenated alkanes) is 18. The molecule has 4 nitrogen and oxygen atoms in total. The molecule has 188 valence electrons. The third-order valence-corrected chi connectivity index (χ3v) is 5.81. The Morgan fingerprint density at radius 1 is 0.424 bits per heavy atom. The zero-order valence-electron chi connectivity index (χ0n) is 20.9. The van der Waals surface area contributed by atoms with Gasteiger partial charge in [-0.05, 0) is 12.8 Å². The Bertz CT molecular complexity index is 370. The van der Waals surface area contributed by atoms with E-state index in [9.17, 15) is 9.59 Å². The molecule has 0 N–H and O–H groups in total. The van der Waals surface area contributed by atoms with Crippen molar-refractivity contribution >= 4 is 71.1 Å². The molecule has 0 aliphatic rings. The van der Waals surface area contributed by atoms with Crippen LogP contribution in [0.15, 0.2) is 0 Å². The van der Waals surface area contributed by atoms with Crippen molar-refractivity contribution in [3.8, 4) is 0 Å². The second-order valence-electron chi connectivity index (χ2n) is 8.98. The second kappa shape index (κ2) is 32.9. The van der Waals surface area contributed by atoms with Crippen molar-refractivity contribution in [2.24, 2.45) is 0 Å². The van der Waals surface area contributed by atoms with E-state index >= 15 is 0 Å². The fourth-order valence-electron chi connectivity index (χ4n) is 3.77. The van der Waals surface area contributed by atoms with Gasteiger partial charge in [0.2, 0.25) is 0 Å². The van der Waals surface area contributed by atoms with E-state index in [2.05, 4.69) is 13.8 Å². The minimum atomic E-state index is -0.455. The standard InChI is InChI=1S/C27H52O4.2Na.2H/c1-3-5-7-9-11-13-15-17-19-21-23-30-26(28)25-27(29)31-24-22-20-18-16-14-12-10-8-6-4-2;;;;/h3-25H2,1-2H3;;;;. The first-order valence-electron chi connectivity index (χ1n) is 13.5. The van der Waals surface area contributed by atoms with Gasteiger partial charge in [-0.1, -0.05) is 129 Å². The van der Waals surface area contributed by atoms with Crippen molar-refractivity contribution < 1.29 is 19.1 Å². The quantitative estimate of drug-likeness (QED) is 0.0635. The van der Waals surface area contributed by atoms with Gasteiger partial charge < -0.3 is 9.47 Å². The molecule has 0 saturated carbocycles. The van der Waals surface area contributed by atoms with Crippen molar-refractivity contribution in [3.63, 3.8) is 0 Å². The Balaban J connectivity index is -0.00000450. The molecule has 0 aromatic rings. The molecule has 0 aliphatic heterocycles. The number of carbonyl (C=O) groups excluding carboxylic acids is 2. The van der Waals surface area contributed by atoms with Gasteiger partial charge in [-0.25, -0.2) is 0 Å². The molecular weight excluding hydrogens is 434 g/mol. The zero-order valence-corrected chi connectivity index (χ0v) is 20.9. The summed E-state index contributed by atoms with van der Waals surface area (Å²) >= 11 is 0. The average molecular weight is 489 g/mol. The number of rotatable bonds is 24. The zero-order chi connectivity index (χ0) is 22.8. The van der Waals surface area contributed by atoms with Crippen LogP contribution in [0.5, 0.6) is 0 Å². The van der Waals surface area contributed by atoms with E-state index in [0.29, 0.717) is 13.2 Å². The van der Waals surface area contributed by atoms with Crippen molar-refractivity contribution in [2.45, 2.75) is 149 Å². The van der Waals surface area contributed by atoms with Crippen LogP contribution in [0.3, 0.4) is 0 Å². The minimum absolute atomic E-state index is 0. The molecule has 0 bridgehead atoms. The van der Waals surface area contributed by atoms with Crippen LogP contribution in [0.1, 0.15) is 149 Å². The predicted molar refractivity (Wildman–Crippen MR) is 145 cm³/mol. The molecule has 0 rings (SSSR count). The topological polar surface area (TPSA) is 52.6 Å². The molecule has 0 radical (unpaired) electrons. The van der Waals surface area contributed by atoms with Gasteiger partial charge in [0, 0.05) is 0 Å². The summed E-state index contributed by atoms with van der Waals surface area (Å²) in [6.45, 7) is 5.33. The molecule has 0 saturated heterocycles. The monoisotopic (exact) mass is 488 g/mol.